The van der Waals surface area contributed by atoms with Crippen molar-refractivity contribution in [2.24, 2.45) is 0 Å². The lowest BCUT2D eigenvalue weighted by molar-refractivity contribution is -0.104. The van der Waals surface area contributed by atoms with Crippen LogP contribution in [-0.4, -0.2) is 66.3 Å². The summed E-state index contributed by atoms with van der Waals surface area (Å²) in [5.41, 5.74) is 1.65. The van der Waals surface area contributed by atoms with E-state index in [9.17, 15) is 31.2 Å². The molecular formula is C40H36O12S2. The van der Waals surface area contributed by atoms with Crippen molar-refractivity contribution in [3.8, 4) is 0 Å². The Morgan fingerprint density at radius 1 is 0.444 bits per heavy atom. The van der Waals surface area contributed by atoms with Crippen LogP contribution < -0.4 is 0 Å². The second-order valence-corrected chi connectivity index (χ2v) is 15.2. The van der Waals surface area contributed by atoms with E-state index >= 15 is 0 Å². The van der Waals surface area contributed by atoms with Crippen LogP contribution in [0.1, 0.15) is 42.2 Å². The van der Waals surface area contributed by atoms with Crippen LogP contribution in [0.25, 0.3) is 0 Å². The van der Waals surface area contributed by atoms with E-state index in [0.29, 0.717) is 0 Å². The highest BCUT2D eigenvalue weighted by Crippen LogP contribution is 2.24. The van der Waals surface area contributed by atoms with Gasteiger partial charge in [-0.1, -0.05) is 90.0 Å². The monoisotopic (exact) mass is 772 g/mol. The molecule has 0 aliphatic rings. The summed E-state index contributed by atoms with van der Waals surface area (Å²) >= 11 is 0. The standard InChI is InChI=1S/C40H36O12S2/c1-28-18-22-33(23-19-28)53(44,45)48-26-35(50-38(41)30-12-6-3-7-13-30)37(52-40(43)32-16-10-5-11-17-32)36(51-39(42)31-14-8-4-9-15-31)27-49-54(46,47)34-24-20-29(2)21-25-34/h3-25,35-37H,26-27H2,1-2H3/t35-,36-/m1/s1. The highest BCUT2D eigenvalue weighted by atomic mass is 32.2. The second-order valence-electron chi connectivity index (χ2n) is 12.0. The predicted octanol–water partition coefficient (Wildman–Crippen LogP) is 6.09. The summed E-state index contributed by atoms with van der Waals surface area (Å²) in [5, 5.41) is 0. The van der Waals surface area contributed by atoms with Crippen LogP contribution in [0.4, 0.5) is 0 Å². The van der Waals surface area contributed by atoms with Crippen LogP contribution in [0.3, 0.4) is 0 Å². The number of rotatable bonds is 16. The van der Waals surface area contributed by atoms with E-state index in [1.54, 1.807) is 92.7 Å². The molecule has 0 fully saturated rings. The Morgan fingerprint density at radius 2 is 0.741 bits per heavy atom. The first-order chi connectivity index (χ1) is 25.8. The number of benzene rings is 5. The summed E-state index contributed by atoms with van der Waals surface area (Å²) in [6.07, 6.45) is -5.60. The molecule has 0 saturated carbocycles. The predicted molar refractivity (Wildman–Crippen MR) is 196 cm³/mol. The highest BCUT2D eigenvalue weighted by molar-refractivity contribution is 7.87. The fourth-order valence-electron chi connectivity index (χ4n) is 4.97. The Balaban J connectivity index is 1.58. The number of hydrogen-bond donors (Lipinski definition) is 0. The summed E-state index contributed by atoms with van der Waals surface area (Å²) in [5.74, 6) is -2.98. The van der Waals surface area contributed by atoms with Gasteiger partial charge in [-0.05, 0) is 74.5 Å². The van der Waals surface area contributed by atoms with Gasteiger partial charge in [0, 0.05) is 0 Å². The zero-order valence-electron chi connectivity index (χ0n) is 29.1. The van der Waals surface area contributed by atoms with Crippen LogP contribution >= 0.6 is 0 Å². The number of carbonyl (C=O) groups excluding carboxylic acids is 3. The van der Waals surface area contributed by atoms with Crippen molar-refractivity contribution in [2.45, 2.75) is 42.0 Å². The molecule has 0 saturated heterocycles. The average Bonchev–Trinajstić information content (AvgIpc) is 3.18. The lowest BCUT2D eigenvalue weighted by atomic mass is 10.1. The molecule has 0 aliphatic carbocycles. The number of ether oxygens (including phenoxy) is 3. The second kappa shape index (κ2) is 17.9. The Bertz CT molecular complexity index is 2110. The zero-order valence-corrected chi connectivity index (χ0v) is 30.8. The molecule has 5 rings (SSSR count). The van der Waals surface area contributed by atoms with Crippen molar-refractivity contribution in [1.82, 2.24) is 0 Å². The van der Waals surface area contributed by atoms with Gasteiger partial charge in [-0.15, -0.1) is 0 Å². The minimum atomic E-state index is -4.52. The van der Waals surface area contributed by atoms with Crippen LogP contribution in [0.5, 0.6) is 0 Å². The minimum absolute atomic E-state index is 0.0187. The Hall–Kier alpha value is -5.67. The normalized spacial score (nSPS) is 12.7. The number of hydrogen-bond acceptors (Lipinski definition) is 12. The SMILES string of the molecule is Cc1ccc(S(=O)(=O)OC[C@@H](OC(=O)c2ccccc2)C(OC(=O)c2ccccc2)[C@@H](COS(=O)(=O)c2ccc(C)cc2)OC(=O)c2ccccc2)cc1. The Kier molecular flexibility index (Phi) is 13.1. The van der Waals surface area contributed by atoms with Crippen LogP contribution in [0.15, 0.2) is 149 Å². The van der Waals surface area contributed by atoms with Crippen LogP contribution in [0.2, 0.25) is 0 Å². The molecule has 0 bridgehead atoms. The number of esters is 3. The van der Waals surface area contributed by atoms with Crippen LogP contribution in [-0.2, 0) is 42.8 Å². The topological polar surface area (TPSA) is 166 Å². The first kappa shape index (κ1) is 39.5. The molecular weight excluding hydrogens is 737 g/mol. The third kappa shape index (κ3) is 10.7. The Labute approximate surface area is 313 Å². The molecule has 14 heteroatoms. The minimum Gasteiger partial charge on any atom is -0.452 e. The van der Waals surface area contributed by atoms with Gasteiger partial charge >= 0.3 is 17.9 Å². The zero-order chi connectivity index (χ0) is 38.7. The van der Waals surface area contributed by atoms with Crippen molar-refractivity contribution >= 4 is 38.1 Å². The van der Waals surface area contributed by atoms with Gasteiger partial charge in [0.15, 0.2) is 18.3 Å². The lowest BCUT2D eigenvalue weighted by Gasteiger charge is -2.32. The smallest absolute Gasteiger partial charge is 0.338 e. The van der Waals surface area contributed by atoms with Gasteiger partial charge in [-0.2, -0.15) is 16.8 Å². The van der Waals surface area contributed by atoms with Crippen molar-refractivity contribution in [1.29, 1.82) is 0 Å². The van der Waals surface area contributed by atoms with Crippen molar-refractivity contribution in [2.75, 3.05) is 13.2 Å². The van der Waals surface area contributed by atoms with E-state index in [0.717, 1.165) is 11.1 Å². The maximum Gasteiger partial charge on any atom is 0.338 e. The van der Waals surface area contributed by atoms with E-state index in [4.69, 9.17) is 22.6 Å². The van der Waals surface area contributed by atoms with Gasteiger partial charge in [0.25, 0.3) is 20.2 Å². The third-order valence-corrected chi connectivity index (χ3v) is 10.5. The quantitative estimate of drug-likeness (QED) is 0.0645. The van der Waals surface area contributed by atoms with Crippen molar-refractivity contribution < 1.29 is 53.8 Å². The van der Waals surface area contributed by atoms with E-state index in [2.05, 4.69) is 0 Å². The molecule has 5 aromatic rings. The fourth-order valence-corrected chi connectivity index (χ4v) is 6.81. The molecule has 12 nitrogen and oxygen atoms in total. The van der Waals surface area contributed by atoms with E-state index in [-0.39, 0.29) is 26.5 Å². The van der Waals surface area contributed by atoms with Gasteiger partial charge in [0.2, 0.25) is 0 Å². The third-order valence-electron chi connectivity index (χ3n) is 7.92. The molecule has 280 valence electrons. The number of aryl methyl sites for hydroxylation is 2. The lowest BCUT2D eigenvalue weighted by Crippen LogP contribution is -2.50. The van der Waals surface area contributed by atoms with Gasteiger partial charge < -0.3 is 14.2 Å². The first-order valence-electron chi connectivity index (χ1n) is 16.5. The van der Waals surface area contributed by atoms with E-state index in [1.165, 1.54) is 60.7 Å². The largest absolute Gasteiger partial charge is 0.452 e. The van der Waals surface area contributed by atoms with E-state index < -0.39 is 69.7 Å². The van der Waals surface area contributed by atoms with Crippen LogP contribution in [0, 0.1) is 13.8 Å². The van der Waals surface area contributed by atoms with Crippen molar-refractivity contribution in [3.63, 3.8) is 0 Å². The maximum absolute atomic E-state index is 13.7. The summed E-state index contributed by atoms with van der Waals surface area (Å²) < 4.78 is 81.7. The average molecular weight is 773 g/mol. The van der Waals surface area contributed by atoms with Crippen molar-refractivity contribution in [3.05, 3.63) is 167 Å². The fraction of sp³-hybridized carbons (Fsp3) is 0.175. The summed E-state index contributed by atoms with van der Waals surface area (Å²) in [7, 11) is -9.04. The molecule has 5 aromatic carbocycles. The molecule has 0 aromatic heterocycles. The summed E-state index contributed by atoms with van der Waals surface area (Å²) in [4.78, 5) is 40.3. The molecule has 0 aliphatic heterocycles. The molecule has 0 N–H and O–H groups in total. The molecule has 54 heavy (non-hydrogen) atoms. The highest BCUT2D eigenvalue weighted by Gasteiger charge is 2.41. The molecule has 0 radical (unpaired) electrons. The van der Waals surface area contributed by atoms with Gasteiger partial charge in [0.05, 0.1) is 26.5 Å². The number of carbonyl (C=O) groups is 3. The molecule has 0 amide bonds. The molecule has 0 spiro atoms. The van der Waals surface area contributed by atoms with Gasteiger partial charge in [-0.3, -0.25) is 8.37 Å². The molecule has 0 unspecified atom stereocenters. The van der Waals surface area contributed by atoms with E-state index in [1.807, 2.05) is 0 Å². The van der Waals surface area contributed by atoms with Gasteiger partial charge in [-0.25, -0.2) is 14.4 Å². The van der Waals surface area contributed by atoms with Gasteiger partial charge in [0.1, 0.15) is 13.2 Å². The summed E-state index contributed by atoms with van der Waals surface area (Å²) in [6, 6.07) is 34.4. The maximum atomic E-state index is 13.7. The first-order valence-corrected chi connectivity index (χ1v) is 19.3. The molecule has 0 heterocycles. The Morgan fingerprint density at radius 3 is 1.06 bits per heavy atom. The molecule has 2 atom stereocenters. The summed E-state index contributed by atoms with van der Waals surface area (Å²) in [6.45, 7) is 1.59.